The summed E-state index contributed by atoms with van der Waals surface area (Å²) in [6, 6.07) is 32.7. The minimum atomic E-state index is 0.666. The summed E-state index contributed by atoms with van der Waals surface area (Å²) in [5.74, 6) is 0.874. The molecule has 4 aromatic rings. The van der Waals surface area contributed by atoms with Gasteiger partial charge in [0.25, 0.3) is 0 Å². The van der Waals surface area contributed by atoms with Crippen molar-refractivity contribution in [2.45, 2.75) is 6.54 Å². The third-order valence-electron chi connectivity index (χ3n) is 7.81. The molecule has 1 N–H and O–H groups in total. The number of aliphatic imine (C=N–C) groups is 1. The van der Waals surface area contributed by atoms with Gasteiger partial charge in [0.15, 0.2) is 5.96 Å². The summed E-state index contributed by atoms with van der Waals surface area (Å²) in [5, 5.41) is 6.24. The molecule has 0 aliphatic carbocycles. The van der Waals surface area contributed by atoms with Crippen LogP contribution >= 0.6 is 0 Å². The summed E-state index contributed by atoms with van der Waals surface area (Å²) in [6.07, 6.45) is 13.2. The first-order chi connectivity index (χ1) is 19.3. The Morgan fingerprint density at radius 2 is 1.54 bits per heavy atom. The van der Waals surface area contributed by atoms with Crippen LogP contribution in [0.15, 0.2) is 144 Å². The Labute approximate surface area is 229 Å². The average Bonchev–Trinajstić information content (AvgIpc) is 3.06. The largest absolute Gasteiger partial charge is 0.352 e. The molecule has 7 rings (SSSR count). The predicted octanol–water partition coefficient (Wildman–Crippen LogP) is 7.76. The molecule has 0 spiro atoms. The molecule has 0 radical (unpaired) electrons. The average molecular weight is 504 g/mol. The van der Waals surface area contributed by atoms with E-state index in [4.69, 9.17) is 4.99 Å². The lowest BCUT2D eigenvalue weighted by Gasteiger charge is -2.34. The maximum Gasteiger partial charge on any atom is 0.198 e. The lowest BCUT2D eigenvalue weighted by molar-refractivity contribution is 0.542. The lowest BCUT2D eigenvalue weighted by atomic mass is 9.81. The number of allylic oxidation sites excluding steroid dienone is 7. The van der Waals surface area contributed by atoms with Crippen LogP contribution in [-0.4, -0.2) is 24.5 Å². The number of hydrogen-bond donors (Lipinski definition) is 1. The third-order valence-corrected chi connectivity index (χ3v) is 7.81. The van der Waals surface area contributed by atoms with Crippen molar-refractivity contribution in [1.82, 2.24) is 10.2 Å². The summed E-state index contributed by atoms with van der Waals surface area (Å²) in [6.45, 7) is 1.39. The third kappa shape index (κ3) is 4.04. The van der Waals surface area contributed by atoms with Gasteiger partial charge >= 0.3 is 0 Å². The highest BCUT2D eigenvalue weighted by atomic mass is 15.3. The monoisotopic (exact) mass is 503 g/mol. The molecule has 3 aliphatic heterocycles. The molecule has 0 amide bonds. The van der Waals surface area contributed by atoms with E-state index >= 15 is 0 Å². The fraction of sp³-hybridized carbons (Fsp3) is 0.0833. The van der Waals surface area contributed by atoms with Crippen LogP contribution in [0.1, 0.15) is 16.7 Å². The van der Waals surface area contributed by atoms with Crippen LogP contribution in [0.5, 0.6) is 0 Å². The zero-order valence-electron chi connectivity index (χ0n) is 21.9. The molecule has 4 aromatic carbocycles. The Morgan fingerprint density at radius 3 is 2.33 bits per heavy atom. The van der Waals surface area contributed by atoms with Crippen LogP contribution < -0.4 is 5.32 Å². The van der Waals surface area contributed by atoms with E-state index in [0.29, 0.717) is 6.54 Å². The highest BCUT2D eigenvalue weighted by Crippen LogP contribution is 2.43. The smallest absolute Gasteiger partial charge is 0.198 e. The zero-order chi connectivity index (χ0) is 26.2. The molecular weight excluding hydrogens is 474 g/mol. The molecule has 3 heteroatoms. The number of nitrogens with one attached hydrogen (secondary N) is 1. The molecule has 0 fully saturated rings. The molecule has 3 heterocycles. The normalized spacial score (nSPS) is 17.4. The van der Waals surface area contributed by atoms with Crippen molar-refractivity contribution < 1.29 is 0 Å². The van der Waals surface area contributed by atoms with Gasteiger partial charge in [-0.2, -0.15) is 0 Å². The molecule has 188 valence electrons. The second-order valence-electron chi connectivity index (χ2n) is 10.0. The van der Waals surface area contributed by atoms with Gasteiger partial charge in [0.2, 0.25) is 0 Å². The second kappa shape index (κ2) is 9.77. The van der Waals surface area contributed by atoms with Crippen molar-refractivity contribution in [3.05, 3.63) is 155 Å². The van der Waals surface area contributed by atoms with E-state index < -0.39 is 0 Å². The summed E-state index contributed by atoms with van der Waals surface area (Å²) in [7, 11) is 1.87. The van der Waals surface area contributed by atoms with Gasteiger partial charge in [0, 0.05) is 19.3 Å². The van der Waals surface area contributed by atoms with Crippen LogP contribution in [0.25, 0.3) is 33.0 Å². The van der Waals surface area contributed by atoms with E-state index in [2.05, 4.69) is 138 Å². The van der Waals surface area contributed by atoms with Crippen LogP contribution in [0.3, 0.4) is 0 Å². The summed E-state index contributed by atoms with van der Waals surface area (Å²) in [4.78, 5) is 7.05. The van der Waals surface area contributed by atoms with Gasteiger partial charge in [-0.1, -0.05) is 109 Å². The molecule has 0 saturated heterocycles. The first-order valence-corrected chi connectivity index (χ1v) is 13.5. The van der Waals surface area contributed by atoms with Gasteiger partial charge in [0.1, 0.15) is 0 Å². The fourth-order valence-corrected chi connectivity index (χ4v) is 6.01. The van der Waals surface area contributed by atoms with Crippen molar-refractivity contribution in [1.29, 1.82) is 0 Å². The van der Waals surface area contributed by atoms with Crippen molar-refractivity contribution in [2.75, 3.05) is 13.6 Å². The molecular formula is C36H29N3. The van der Waals surface area contributed by atoms with Gasteiger partial charge in [0.05, 0.1) is 6.54 Å². The Morgan fingerprint density at radius 1 is 0.795 bits per heavy atom. The SMILES string of the molecule is CN=C1NCc2c(-c3ccccc3)cc3ccccc3c2C2=C3CN1C(=CC=CC=C2)C=C3c1ccccc1. The highest BCUT2D eigenvalue weighted by molar-refractivity contribution is 6.06. The van der Waals surface area contributed by atoms with Crippen LogP contribution in [0.2, 0.25) is 0 Å². The Bertz CT molecular complexity index is 1770. The molecule has 39 heavy (non-hydrogen) atoms. The van der Waals surface area contributed by atoms with E-state index in [1.807, 2.05) is 7.05 Å². The Kier molecular flexibility index (Phi) is 5.82. The second-order valence-corrected chi connectivity index (χ2v) is 10.0. The Balaban J connectivity index is 1.65. The number of rotatable bonds is 2. The number of guanidine groups is 1. The lowest BCUT2D eigenvalue weighted by Crippen LogP contribution is -2.42. The van der Waals surface area contributed by atoms with Crippen molar-refractivity contribution >= 4 is 27.9 Å². The fourth-order valence-electron chi connectivity index (χ4n) is 6.01. The van der Waals surface area contributed by atoms with Crippen LogP contribution in [0, 0.1) is 0 Å². The van der Waals surface area contributed by atoms with E-state index in [0.717, 1.165) is 18.2 Å². The summed E-state index contributed by atoms with van der Waals surface area (Å²) in [5.41, 5.74) is 11.2. The number of hydrogen-bond acceptors (Lipinski definition) is 1. The minimum absolute atomic E-state index is 0.666. The van der Waals surface area contributed by atoms with E-state index in [1.54, 1.807) is 0 Å². The summed E-state index contributed by atoms with van der Waals surface area (Å²) < 4.78 is 0. The maximum atomic E-state index is 4.74. The van der Waals surface area contributed by atoms with Gasteiger partial charge in [-0.3, -0.25) is 4.99 Å². The van der Waals surface area contributed by atoms with Gasteiger partial charge in [-0.05, 0) is 73.5 Å². The van der Waals surface area contributed by atoms with Crippen LogP contribution in [-0.2, 0) is 6.54 Å². The van der Waals surface area contributed by atoms with Crippen molar-refractivity contribution in [3.63, 3.8) is 0 Å². The van der Waals surface area contributed by atoms with Gasteiger partial charge in [-0.25, -0.2) is 0 Å². The molecule has 4 bridgehead atoms. The predicted molar refractivity (Wildman–Crippen MR) is 164 cm³/mol. The topological polar surface area (TPSA) is 27.6 Å². The maximum absolute atomic E-state index is 4.74. The van der Waals surface area contributed by atoms with E-state index in [9.17, 15) is 0 Å². The molecule has 0 aromatic heterocycles. The first kappa shape index (κ1) is 23.2. The standard InChI is InChI=1S/C36H29N3/c1-37-36-38-23-33-31(25-13-5-2-6-14-25)21-27-17-11-12-19-29(27)35(33)30-20-10-4-9-18-28-22-32(34(30)24-39(28)36)26-15-7-3-8-16-26/h2-22H,23-24H2,1H3,(H,37,38). The first-order valence-electron chi connectivity index (χ1n) is 13.5. The van der Waals surface area contributed by atoms with Crippen LogP contribution in [0.4, 0.5) is 0 Å². The number of fused-ring (bicyclic) bond motifs is 4. The van der Waals surface area contributed by atoms with Crippen molar-refractivity contribution in [2.24, 2.45) is 4.99 Å². The Hall–Kier alpha value is -4.89. The van der Waals surface area contributed by atoms with Crippen molar-refractivity contribution in [3.8, 4) is 11.1 Å². The zero-order valence-corrected chi connectivity index (χ0v) is 21.9. The number of nitrogens with zero attached hydrogens (tertiary/aromatic N) is 2. The molecule has 3 aliphatic rings. The molecule has 0 unspecified atom stereocenters. The highest BCUT2D eigenvalue weighted by Gasteiger charge is 2.30. The number of benzene rings is 4. The minimum Gasteiger partial charge on any atom is -0.352 e. The molecule has 0 saturated carbocycles. The van der Waals surface area contributed by atoms with E-state index in [1.165, 1.54) is 55.3 Å². The van der Waals surface area contributed by atoms with E-state index in [-0.39, 0.29) is 0 Å². The molecule has 0 atom stereocenters. The van der Waals surface area contributed by atoms with Gasteiger partial charge < -0.3 is 10.2 Å². The summed E-state index contributed by atoms with van der Waals surface area (Å²) >= 11 is 0. The van der Waals surface area contributed by atoms with Gasteiger partial charge in [-0.15, -0.1) is 0 Å². The molecule has 3 nitrogen and oxygen atoms in total. The quantitative estimate of drug-likeness (QED) is 0.303.